The molecule has 3 rings (SSSR count). The second-order valence-corrected chi connectivity index (χ2v) is 5.91. The molecule has 4 nitrogen and oxygen atoms in total. The molecule has 112 valence electrons. The van der Waals surface area contributed by atoms with Crippen LogP contribution in [0.15, 0.2) is 18.2 Å². The Morgan fingerprint density at radius 1 is 1.38 bits per heavy atom. The molecule has 1 unspecified atom stereocenters. The second kappa shape index (κ2) is 5.79. The quantitative estimate of drug-likeness (QED) is 0.944. The Labute approximate surface area is 130 Å². The topological polar surface area (TPSA) is 39.1 Å². The standard InChI is InChI=1S/C16H20ClN3O/c1-10-16(17)15(20(3)19-10)7-14(18-2)11-4-5-12-8-21-9-13(12)6-11/h4-6,14,18H,7-9H2,1-3H3. The number of hydrogen-bond donors (Lipinski definition) is 1. The molecule has 0 aliphatic carbocycles. The fourth-order valence-corrected chi connectivity index (χ4v) is 3.13. The maximum atomic E-state index is 6.37. The number of rotatable bonds is 4. The van der Waals surface area contributed by atoms with E-state index in [2.05, 4.69) is 28.6 Å². The van der Waals surface area contributed by atoms with Gasteiger partial charge in [-0.05, 0) is 30.7 Å². The monoisotopic (exact) mass is 305 g/mol. The Balaban J connectivity index is 1.88. The van der Waals surface area contributed by atoms with Crippen LogP contribution >= 0.6 is 11.6 Å². The summed E-state index contributed by atoms with van der Waals surface area (Å²) >= 11 is 6.37. The van der Waals surface area contributed by atoms with Gasteiger partial charge in [-0.3, -0.25) is 4.68 Å². The summed E-state index contributed by atoms with van der Waals surface area (Å²) in [5.41, 5.74) is 5.79. The summed E-state index contributed by atoms with van der Waals surface area (Å²) in [6.07, 6.45) is 0.812. The lowest BCUT2D eigenvalue weighted by Crippen LogP contribution is -2.20. The van der Waals surface area contributed by atoms with Gasteiger partial charge >= 0.3 is 0 Å². The van der Waals surface area contributed by atoms with Gasteiger partial charge in [0.25, 0.3) is 0 Å². The highest BCUT2D eigenvalue weighted by Crippen LogP contribution is 2.28. The molecule has 0 bridgehead atoms. The first kappa shape index (κ1) is 14.6. The van der Waals surface area contributed by atoms with Crippen LogP contribution in [0, 0.1) is 6.92 Å². The van der Waals surface area contributed by atoms with E-state index < -0.39 is 0 Å². The zero-order valence-electron chi connectivity index (χ0n) is 12.6. The van der Waals surface area contributed by atoms with Gasteiger partial charge in [-0.2, -0.15) is 5.10 Å². The smallest absolute Gasteiger partial charge is 0.0847 e. The van der Waals surface area contributed by atoms with Gasteiger partial charge in [-0.1, -0.05) is 29.8 Å². The van der Waals surface area contributed by atoms with Gasteiger partial charge in [0.2, 0.25) is 0 Å². The van der Waals surface area contributed by atoms with Crippen molar-refractivity contribution in [3.05, 3.63) is 51.3 Å². The molecule has 5 heteroatoms. The largest absolute Gasteiger partial charge is 0.372 e. The first-order chi connectivity index (χ1) is 10.1. The molecular weight excluding hydrogens is 286 g/mol. The van der Waals surface area contributed by atoms with Gasteiger partial charge in [0.1, 0.15) is 0 Å². The van der Waals surface area contributed by atoms with Crippen molar-refractivity contribution in [2.45, 2.75) is 32.6 Å². The molecule has 0 saturated carbocycles. The number of ether oxygens (including phenoxy) is 1. The van der Waals surface area contributed by atoms with E-state index in [1.807, 2.05) is 25.7 Å². The van der Waals surface area contributed by atoms with Crippen LogP contribution in [0.2, 0.25) is 5.02 Å². The number of hydrogen-bond acceptors (Lipinski definition) is 3. The first-order valence-electron chi connectivity index (χ1n) is 7.15. The molecule has 1 N–H and O–H groups in total. The van der Waals surface area contributed by atoms with Crippen LogP contribution in [0.1, 0.15) is 34.1 Å². The van der Waals surface area contributed by atoms with E-state index >= 15 is 0 Å². The fourth-order valence-electron chi connectivity index (χ4n) is 2.89. The van der Waals surface area contributed by atoms with Crippen molar-refractivity contribution in [2.24, 2.45) is 7.05 Å². The van der Waals surface area contributed by atoms with Gasteiger partial charge in [-0.15, -0.1) is 0 Å². The summed E-state index contributed by atoms with van der Waals surface area (Å²) in [6, 6.07) is 6.79. The zero-order valence-corrected chi connectivity index (χ0v) is 13.4. The summed E-state index contributed by atoms with van der Waals surface area (Å²) in [5.74, 6) is 0. The maximum absolute atomic E-state index is 6.37. The molecule has 0 amide bonds. The Kier molecular flexibility index (Phi) is 4.02. The third-order valence-electron chi connectivity index (χ3n) is 4.16. The molecule has 2 aromatic rings. The highest BCUT2D eigenvalue weighted by Gasteiger charge is 2.19. The molecule has 1 aliphatic heterocycles. The van der Waals surface area contributed by atoms with Crippen LogP contribution in [0.5, 0.6) is 0 Å². The van der Waals surface area contributed by atoms with Crippen molar-refractivity contribution in [2.75, 3.05) is 7.05 Å². The van der Waals surface area contributed by atoms with E-state index in [-0.39, 0.29) is 6.04 Å². The zero-order chi connectivity index (χ0) is 15.0. The highest BCUT2D eigenvalue weighted by atomic mass is 35.5. The molecule has 21 heavy (non-hydrogen) atoms. The van der Waals surface area contributed by atoms with Crippen LogP contribution in [-0.4, -0.2) is 16.8 Å². The lowest BCUT2D eigenvalue weighted by atomic mass is 9.98. The predicted octanol–water partition coefficient (Wildman–Crippen LogP) is 2.92. The van der Waals surface area contributed by atoms with E-state index in [4.69, 9.17) is 16.3 Å². The molecule has 2 heterocycles. The summed E-state index contributed by atoms with van der Waals surface area (Å²) in [6.45, 7) is 3.38. The molecular formula is C16H20ClN3O. The number of likely N-dealkylation sites (N-methyl/N-ethyl adjacent to an activating group) is 1. The molecule has 0 spiro atoms. The first-order valence-corrected chi connectivity index (χ1v) is 7.52. The number of benzene rings is 1. The van der Waals surface area contributed by atoms with Crippen LogP contribution in [0.4, 0.5) is 0 Å². The average molecular weight is 306 g/mol. The van der Waals surface area contributed by atoms with Gasteiger partial charge in [0.15, 0.2) is 0 Å². The van der Waals surface area contributed by atoms with Crippen molar-refractivity contribution in [1.82, 2.24) is 15.1 Å². The van der Waals surface area contributed by atoms with Crippen LogP contribution in [0.25, 0.3) is 0 Å². The van der Waals surface area contributed by atoms with Crippen molar-refractivity contribution in [3.63, 3.8) is 0 Å². The maximum Gasteiger partial charge on any atom is 0.0847 e. The minimum atomic E-state index is 0.211. The SMILES string of the molecule is CNC(Cc1c(Cl)c(C)nn1C)c1ccc2c(c1)COC2. The predicted molar refractivity (Wildman–Crippen MR) is 83.4 cm³/mol. The van der Waals surface area contributed by atoms with Gasteiger partial charge in [-0.25, -0.2) is 0 Å². The van der Waals surface area contributed by atoms with Gasteiger partial charge in [0.05, 0.1) is 29.6 Å². The Morgan fingerprint density at radius 3 is 2.81 bits per heavy atom. The Bertz CT molecular complexity index is 666. The molecule has 0 saturated heterocycles. The number of fused-ring (bicyclic) bond motifs is 1. The second-order valence-electron chi connectivity index (χ2n) is 5.54. The minimum Gasteiger partial charge on any atom is -0.372 e. The van der Waals surface area contributed by atoms with Crippen LogP contribution in [0.3, 0.4) is 0 Å². The van der Waals surface area contributed by atoms with Crippen molar-refractivity contribution in [3.8, 4) is 0 Å². The third kappa shape index (κ3) is 2.71. The lowest BCUT2D eigenvalue weighted by molar-refractivity contribution is 0.134. The minimum absolute atomic E-state index is 0.211. The van der Waals surface area contributed by atoms with E-state index in [1.165, 1.54) is 16.7 Å². The van der Waals surface area contributed by atoms with Gasteiger partial charge < -0.3 is 10.1 Å². The summed E-state index contributed by atoms with van der Waals surface area (Å²) < 4.78 is 7.36. The Morgan fingerprint density at radius 2 is 2.14 bits per heavy atom. The number of aryl methyl sites for hydroxylation is 2. The van der Waals surface area contributed by atoms with E-state index in [0.29, 0.717) is 6.61 Å². The molecule has 1 aromatic carbocycles. The van der Waals surface area contributed by atoms with E-state index in [0.717, 1.165) is 29.4 Å². The molecule has 0 fully saturated rings. The number of nitrogens with one attached hydrogen (secondary N) is 1. The third-order valence-corrected chi connectivity index (χ3v) is 4.65. The highest BCUT2D eigenvalue weighted by molar-refractivity contribution is 6.31. The Hall–Kier alpha value is -1.36. The summed E-state index contributed by atoms with van der Waals surface area (Å²) in [4.78, 5) is 0. The van der Waals surface area contributed by atoms with E-state index in [9.17, 15) is 0 Å². The van der Waals surface area contributed by atoms with Crippen molar-refractivity contribution >= 4 is 11.6 Å². The fraction of sp³-hybridized carbons (Fsp3) is 0.438. The van der Waals surface area contributed by atoms with Crippen molar-refractivity contribution < 1.29 is 4.74 Å². The molecule has 0 radical (unpaired) electrons. The summed E-state index contributed by atoms with van der Waals surface area (Å²) in [5, 5.41) is 8.53. The number of nitrogens with zero attached hydrogens (tertiary/aromatic N) is 2. The van der Waals surface area contributed by atoms with Crippen LogP contribution < -0.4 is 5.32 Å². The normalized spacial score (nSPS) is 15.2. The molecule has 1 atom stereocenters. The average Bonchev–Trinajstić information content (AvgIpc) is 3.03. The molecule has 1 aromatic heterocycles. The number of halogens is 1. The van der Waals surface area contributed by atoms with Crippen LogP contribution in [-0.2, 0) is 31.4 Å². The van der Waals surface area contributed by atoms with Gasteiger partial charge in [0, 0.05) is 19.5 Å². The lowest BCUT2D eigenvalue weighted by Gasteiger charge is -2.18. The van der Waals surface area contributed by atoms with Crippen molar-refractivity contribution in [1.29, 1.82) is 0 Å². The number of aromatic nitrogens is 2. The molecule has 1 aliphatic rings. The van der Waals surface area contributed by atoms with E-state index in [1.54, 1.807) is 0 Å². The summed E-state index contributed by atoms with van der Waals surface area (Å²) in [7, 11) is 3.92.